The van der Waals surface area contributed by atoms with Crippen LogP contribution >= 0.6 is 11.6 Å². The van der Waals surface area contributed by atoms with Gasteiger partial charge < -0.3 is 10.3 Å². The molecular weight excluding hydrogens is 228 g/mol. The molecule has 1 fully saturated rings. The highest BCUT2D eigenvalue weighted by Crippen LogP contribution is 2.35. The van der Waals surface area contributed by atoms with Gasteiger partial charge in [0.15, 0.2) is 0 Å². The van der Waals surface area contributed by atoms with Crippen LogP contribution in [0.2, 0.25) is 0 Å². The molecule has 86 valence electrons. The first-order chi connectivity index (χ1) is 7.66. The van der Waals surface area contributed by atoms with Gasteiger partial charge in [0.2, 0.25) is 5.56 Å². The molecular formula is C11H13ClN2O2. The Morgan fingerprint density at radius 2 is 2.38 bits per heavy atom. The van der Waals surface area contributed by atoms with E-state index in [1.807, 2.05) is 0 Å². The predicted octanol–water partition coefficient (Wildman–Crippen LogP) is 1.12. The summed E-state index contributed by atoms with van der Waals surface area (Å²) in [6.45, 7) is 0.456. The van der Waals surface area contributed by atoms with Crippen molar-refractivity contribution < 1.29 is 4.79 Å². The van der Waals surface area contributed by atoms with Gasteiger partial charge in [-0.15, -0.1) is 11.6 Å². The number of carbonyl (C=O) groups excluding carboxylic acids is 1. The summed E-state index contributed by atoms with van der Waals surface area (Å²) in [7, 11) is 0. The molecule has 5 heteroatoms. The Morgan fingerprint density at radius 1 is 1.62 bits per heavy atom. The zero-order valence-electron chi connectivity index (χ0n) is 8.70. The Morgan fingerprint density at radius 3 is 3.00 bits per heavy atom. The summed E-state index contributed by atoms with van der Waals surface area (Å²) in [4.78, 5) is 25.1. The summed E-state index contributed by atoms with van der Waals surface area (Å²) in [5.41, 5.74) is 0.0840. The second-order valence-electron chi connectivity index (χ2n) is 4.01. The van der Waals surface area contributed by atoms with Gasteiger partial charge >= 0.3 is 0 Å². The number of hydrogen-bond acceptors (Lipinski definition) is 2. The Balaban J connectivity index is 1.89. The molecule has 2 rings (SSSR count). The Bertz CT molecular complexity index is 440. The maximum Gasteiger partial charge on any atom is 0.251 e. The summed E-state index contributed by atoms with van der Waals surface area (Å²) in [5.74, 6) is 0.290. The zero-order valence-corrected chi connectivity index (χ0v) is 9.46. The lowest BCUT2D eigenvalue weighted by Crippen LogP contribution is -2.31. The van der Waals surface area contributed by atoms with E-state index in [9.17, 15) is 9.59 Å². The van der Waals surface area contributed by atoms with E-state index in [0.717, 1.165) is 12.8 Å². The van der Waals surface area contributed by atoms with Crippen molar-refractivity contribution in [2.24, 2.45) is 5.92 Å². The number of alkyl halides is 1. The van der Waals surface area contributed by atoms with E-state index in [2.05, 4.69) is 10.3 Å². The van der Waals surface area contributed by atoms with Gasteiger partial charge in [0.25, 0.3) is 5.91 Å². The van der Waals surface area contributed by atoms with Crippen LogP contribution in [0.3, 0.4) is 0 Å². The molecule has 16 heavy (non-hydrogen) atoms. The number of pyridine rings is 1. The van der Waals surface area contributed by atoms with Crippen LogP contribution < -0.4 is 10.9 Å². The SMILES string of the molecule is O=C(NCC(Cl)C1CC1)c1cc[nH]c(=O)c1. The fourth-order valence-corrected chi connectivity index (χ4v) is 1.83. The van der Waals surface area contributed by atoms with E-state index in [0.29, 0.717) is 18.0 Å². The molecule has 4 nitrogen and oxygen atoms in total. The average molecular weight is 241 g/mol. The van der Waals surface area contributed by atoms with Crippen molar-refractivity contribution in [3.63, 3.8) is 0 Å². The molecule has 0 spiro atoms. The van der Waals surface area contributed by atoms with Crippen molar-refractivity contribution in [2.45, 2.75) is 18.2 Å². The van der Waals surface area contributed by atoms with Crippen LogP contribution in [0, 0.1) is 5.92 Å². The van der Waals surface area contributed by atoms with E-state index in [1.165, 1.54) is 12.3 Å². The minimum atomic E-state index is -0.280. The lowest BCUT2D eigenvalue weighted by molar-refractivity contribution is 0.0953. The average Bonchev–Trinajstić information content (AvgIpc) is 3.09. The number of hydrogen-bond donors (Lipinski definition) is 2. The molecule has 2 N–H and O–H groups in total. The van der Waals surface area contributed by atoms with Crippen LogP contribution in [-0.2, 0) is 0 Å². The number of halogens is 1. The van der Waals surface area contributed by atoms with Gasteiger partial charge in [-0.05, 0) is 24.8 Å². The fraction of sp³-hybridized carbons (Fsp3) is 0.455. The molecule has 0 radical (unpaired) electrons. The monoisotopic (exact) mass is 240 g/mol. The third kappa shape index (κ3) is 2.85. The molecule has 1 aromatic rings. The number of amides is 1. The van der Waals surface area contributed by atoms with Crippen LogP contribution in [0.1, 0.15) is 23.2 Å². The van der Waals surface area contributed by atoms with Gasteiger partial charge in [0, 0.05) is 24.4 Å². The summed E-state index contributed by atoms with van der Waals surface area (Å²) >= 11 is 6.06. The van der Waals surface area contributed by atoms with Gasteiger partial charge in [-0.25, -0.2) is 0 Å². The number of carbonyl (C=O) groups is 1. The maximum absolute atomic E-state index is 11.6. The number of nitrogens with one attached hydrogen (secondary N) is 2. The largest absolute Gasteiger partial charge is 0.351 e. The van der Waals surface area contributed by atoms with Crippen LogP contribution in [-0.4, -0.2) is 22.8 Å². The van der Waals surface area contributed by atoms with E-state index in [4.69, 9.17) is 11.6 Å². The van der Waals surface area contributed by atoms with E-state index in [-0.39, 0.29) is 16.8 Å². The topological polar surface area (TPSA) is 62.0 Å². The highest BCUT2D eigenvalue weighted by Gasteiger charge is 2.29. The fourth-order valence-electron chi connectivity index (χ4n) is 1.50. The minimum absolute atomic E-state index is 0.00551. The highest BCUT2D eigenvalue weighted by molar-refractivity contribution is 6.21. The molecule has 0 aliphatic heterocycles. The number of aromatic nitrogens is 1. The molecule has 1 unspecified atom stereocenters. The predicted molar refractivity (Wildman–Crippen MR) is 61.8 cm³/mol. The third-order valence-electron chi connectivity index (χ3n) is 2.63. The van der Waals surface area contributed by atoms with Crippen LogP contribution in [0.15, 0.2) is 23.1 Å². The van der Waals surface area contributed by atoms with Gasteiger partial charge in [0.1, 0.15) is 0 Å². The second-order valence-corrected chi connectivity index (χ2v) is 4.57. The minimum Gasteiger partial charge on any atom is -0.351 e. The van der Waals surface area contributed by atoms with E-state index in [1.54, 1.807) is 6.07 Å². The molecule has 1 amide bonds. The van der Waals surface area contributed by atoms with Crippen molar-refractivity contribution in [2.75, 3.05) is 6.54 Å². The highest BCUT2D eigenvalue weighted by atomic mass is 35.5. The molecule has 1 saturated carbocycles. The number of aromatic amines is 1. The number of H-pyrrole nitrogens is 1. The summed E-state index contributed by atoms with van der Waals surface area (Å²) in [5, 5.41) is 2.73. The molecule has 1 heterocycles. The molecule has 1 aromatic heterocycles. The van der Waals surface area contributed by atoms with Gasteiger partial charge in [-0.1, -0.05) is 0 Å². The van der Waals surface area contributed by atoms with Crippen LogP contribution in [0.25, 0.3) is 0 Å². The summed E-state index contributed by atoms with van der Waals surface area (Å²) in [6.07, 6.45) is 3.75. The zero-order chi connectivity index (χ0) is 11.5. The Hall–Kier alpha value is -1.29. The van der Waals surface area contributed by atoms with Crippen LogP contribution in [0.4, 0.5) is 0 Å². The third-order valence-corrected chi connectivity index (χ3v) is 3.14. The summed E-state index contributed by atoms with van der Waals surface area (Å²) in [6, 6.07) is 2.84. The molecule has 0 bridgehead atoms. The smallest absolute Gasteiger partial charge is 0.251 e. The standard InChI is InChI=1S/C11H13ClN2O2/c12-9(7-1-2-7)6-14-11(16)8-3-4-13-10(15)5-8/h3-5,7,9H,1-2,6H2,(H,13,15)(H,14,16). The van der Waals surface area contributed by atoms with E-state index >= 15 is 0 Å². The molecule has 0 saturated heterocycles. The normalized spacial score (nSPS) is 16.8. The lowest BCUT2D eigenvalue weighted by atomic mass is 10.2. The first kappa shape index (κ1) is 11.2. The molecule has 1 aliphatic rings. The molecule has 0 aromatic carbocycles. The van der Waals surface area contributed by atoms with Crippen molar-refractivity contribution >= 4 is 17.5 Å². The van der Waals surface area contributed by atoms with Gasteiger partial charge in [-0.2, -0.15) is 0 Å². The van der Waals surface area contributed by atoms with Crippen molar-refractivity contribution in [3.05, 3.63) is 34.2 Å². The number of rotatable bonds is 4. The van der Waals surface area contributed by atoms with Gasteiger partial charge in [0.05, 0.1) is 5.38 Å². The van der Waals surface area contributed by atoms with Crippen LogP contribution in [0.5, 0.6) is 0 Å². The van der Waals surface area contributed by atoms with Crippen molar-refractivity contribution in [3.8, 4) is 0 Å². The molecule has 1 aliphatic carbocycles. The Kier molecular flexibility index (Phi) is 3.29. The Labute approximate surface area is 98.0 Å². The lowest BCUT2D eigenvalue weighted by Gasteiger charge is -2.09. The quantitative estimate of drug-likeness (QED) is 0.775. The van der Waals surface area contributed by atoms with Crippen molar-refractivity contribution in [1.29, 1.82) is 0 Å². The second kappa shape index (κ2) is 4.70. The molecule has 1 atom stereocenters. The van der Waals surface area contributed by atoms with E-state index < -0.39 is 0 Å². The first-order valence-electron chi connectivity index (χ1n) is 5.28. The van der Waals surface area contributed by atoms with Crippen molar-refractivity contribution in [1.82, 2.24) is 10.3 Å². The van der Waals surface area contributed by atoms with Gasteiger partial charge in [-0.3, -0.25) is 9.59 Å². The maximum atomic E-state index is 11.6. The summed E-state index contributed by atoms with van der Waals surface area (Å²) < 4.78 is 0. The first-order valence-corrected chi connectivity index (χ1v) is 5.71.